The van der Waals surface area contributed by atoms with Gasteiger partial charge in [0.15, 0.2) is 11.5 Å². The van der Waals surface area contributed by atoms with Crippen LogP contribution in [0.15, 0.2) is 53.6 Å². The summed E-state index contributed by atoms with van der Waals surface area (Å²) in [4.78, 5) is 28.7. The predicted octanol–water partition coefficient (Wildman–Crippen LogP) is 2.25. The number of ether oxygens (including phenoxy) is 2. The second-order valence-corrected chi connectivity index (χ2v) is 6.12. The minimum atomic E-state index is -0.317. The summed E-state index contributed by atoms with van der Waals surface area (Å²) in [7, 11) is 1.56. The molecule has 0 aliphatic carbocycles. The zero-order valence-electron chi connectivity index (χ0n) is 14.6. The molecular formula is C19H18ClN3O4. The molecule has 0 unspecified atom stereocenters. The van der Waals surface area contributed by atoms with Crippen LogP contribution in [0.1, 0.15) is 0 Å². The molecule has 1 N–H and O–H groups in total. The Hall–Kier alpha value is -3.06. The first-order valence-corrected chi connectivity index (χ1v) is 8.63. The zero-order chi connectivity index (χ0) is 19.2. The lowest BCUT2D eigenvalue weighted by atomic mass is 10.2. The Balaban J connectivity index is 1.56. The van der Waals surface area contributed by atoms with E-state index in [9.17, 15) is 9.59 Å². The summed E-state index contributed by atoms with van der Waals surface area (Å²) in [5.74, 6) is 0.904. The third kappa shape index (κ3) is 4.57. The van der Waals surface area contributed by atoms with Gasteiger partial charge in [0.05, 0.1) is 30.9 Å². The van der Waals surface area contributed by atoms with E-state index in [1.54, 1.807) is 37.4 Å². The van der Waals surface area contributed by atoms with Gasteiger partial charge in [0.1, 0.15) is 13.2 Å². The number of benzene rings is 2. The summed E-state index contributed by atoms with van der Waals surface area (Å²) < 4.78 is 12.0. The number of carbonyl (C=O) groups excluding carboxylic acids is 1. The number of rotatable bonds is 7. The van der Waals surface area contributed by atoms with Crippen molar-refractivity contribution < 1.29 is 14.3 Å². The van der Waals surface area contributed by atoms with Crippen molar-refractivity contribution in [2.24, 2.45) is 0 Å². The summed E-state index contributed by atoms with van der Waals surface area (Å²) in [6.07, 6.45) is 1.35. The van der Waals surface area contributed by atoms with E-state index in [0.717, 1.165) is 0 Å². The fraction of sp³-hybridized carbons (Fsp3) is 0.211. The van der Waals surface area contributed by atoms with Gasteiger partial charge in [-0.3, -0.25) is 14.2 Å². The molecule has 0 atom stereocenters. The van der Waals surface area contributed by atoms with Gasteiger partial charge in [0, 0.05) is 5.02 Å². The van der Waals surface area contributed by atoms with Crippen LogP contribution in [0.25, 0.3) is 10.9 Å². The highest BCUT2D eigenvalue weighted by Crippen LogP contribution is 2.25. The van der Waals surface area contributed by atoms with Gasteiger partial charge in [0.25, 0.3) is 5.56 Å². The van der Waals surface area contributed by atoms with Gasteiger partial charge in [-0.05, 0) is 30.3 Å². The van der Waals surface area contributed by atoms with Crippen LogP contribution >= 0.6 is 11.6 Å². The Bertz CT molecular complexity index is 1020. The highest BCUT2D eigenvalue weighted by molar-refractivity contribution is 6.31. The highest BCUT2D eigenvalue weighted by atomic mass is 35.5. The molecule has 8 heteroatoms. The molecule has 0 saturated carbocycles. The molecule has 1 heterocycles. The largest absolute Gasteiger partial charge is 0.493 e. The monoisotopic (exact) mass is 387 g/mol. The number of nitrogens with one attached hydrogen (secondary N) is 1. The van der Waals surface area contributed by atoms with Crippen molar-refractivity contribution in [1.82, 2.24) is 14.9 Å². The van der Waals surface area contributed by atoms with E-state index in [2.05, 4.69) is 10.3 Å². The number of aromatic nitrogens is 2. The van der Waals surface area contributed by atoms with Crippen molar-refractivity contribution >= 4 is 28.4 Å². The van der Waals surface area contributed by atoms with Gasteiger partial charge in [0.2, 0.25) is 5.91 Å². The van der Waals surface area contributed by atoms with Crippen LogP contribution in [0.4, 0.5) is 0 Å². The molecule has 3 aromatic rings. The van der Waals surface area contributed by atoms with E-state index in [-0.39, 0.29) is 24.6 Å². The number of methoxy groups -OCH3 is 1. The summed E-state index contributed by atoms with van der Waals surface area (Å²) in [5.41, 5.74) is 0.217. The molecule has 0 fully saturated rings. The van der Waals surface area contributed by atoms with Gasteiger partial charge in [-0.1, -0.05) is 23.7 Å². The van der Waals surface area contributed by atoms with Crippen LogP contribution in [-0.2, 0) is 11.3 Å². The van der Waals surface area contributed by atoms with Gasteiger partial charge in [-0.15, -0.1) is 0 Å². The number of carbonyl (C=O) groups is 1. The minimum Gasteiger partial charge on any atom is -0.493 e. The van der Waals surface area contributed by atoms with Crippen molar-refractivity contribution in [3.63, 3.8) is 0 Å². The lowest BCUT2D eigenvalue weighted by Gasteiger charge is -2.11. The smallest absolute Gasteiger partial charge is 0.261 e. The number of hydrogen-bond donors (Lipinski definition) is 1. The molecule has 0 saturated heterocycles. The summed E-state index contributed by atoms with van der Waals surface area (Å²) in [6.45, 7) is 0.425. The number of fused-ring (bicyclic) bond motifs is 1. The lowest BCUT2D eigenvalue weighted by Crippen LogP contribution is -2.34. The average Bonchev–Trinajstić information content (AvgIpc) is 2.68. The summed E-state index contributed by atoms with van der Waals surface area (Å²) in [6, 6.07) is 12.1. The lowest BCUT2D eigenvalue weighted by molar-refractivity contribution is -0.121. The van der Waals surface area contributed by atoms with Crippen molar-refractivity contribution in [2.45, 2.75) is 6.54 Å². The molecule has 1 aromatic heterocycles. The number of amides is 1. The van der Waals surface area contributed by atoms with Crippen molar-refractivity contribution in [1.29, 1.82) is 0 Å². The molecule has 27 heavy (non-hydrogen) atoms. The van der Waals surface area contributed by atoms with Crippen molar-refractivity contribution in [3.05, 3.63) is 64.2 Å². The maximum absolute atomic E-state index is 12.4. The van der Waals surface area contributed by atoms with E-state index < -0.39 is 0 Å². The minimum absolute atomic E-state index is 0.136. The highest BCUT2D eigenvalue weighted by Gasteiger charge is 2.09. The van der Waals surface area contributed by atoms with Crippen LogP contribution in [-0.4, -0.2) is 35.7 Å². The quantitative estimate of drug-likeness (QED) is 0.629. The molecule has 0 aliphatic heterocycles. The van der Waals surface area contributed by atoms with Crippen LogP contribution in [0.3, 0.4) is 0 Å². The molecule has 7 nitrogen and oxygen atoms in total. The Morgan fingerprint density at radius 1 is 1.22 bits per heavy atom. The second kappa shape index (κ2) is 8.55. The average molecular weight is 388 g/mol. The Morgan fingerprint density at radius 2 is 2.00 bits per heavy atom. The molecular weight excluding hydrogens is 370 g/mol. The standard InChI is InChI=1S/C19H18ClN3O4/c1-26-16-4-2-3-5-17(16)27-9-8-21-18(24)11-23-12-22-15-7-6-13(20)10-14(15)19(23)25/h2-7,10,12H,8-9,11H2,1H3,(H,21,24). The SMILES string of the molecule is COc1ccccc1OCCNC(=O)Cn1cnc2ccc(Cl)cc2c1=O. The maximum atomic E-state index is 12.4. The molecule has 0 spiro atoms. The second-order valence-electron chi connectivity index (χ2n) is 5.69. The topological polar surface area (TPSA) is 82.4 Å². The molecule has 0 aliphatic rings. The van der Waals surface area contributed by atoms with Crippen LogP contribution in [0.2, 0.25) is 5.02 Å². The Labute approximate surface area is 160 Å². The molecule has 2 aromatic carbocycles. The zero-order valence-corrected chi connectivity index (χ0v) is 15.4. The first kappa shape index (κ1) is 18.7. The molecule has 140 valence electrons. The number of hydrogen-bond acceptors (Lipinski definition) is 5. The molecule has 3 rings (SSSR count). The Morgan fingerprint density at radius 3 is 2.78 bits per heavy atom. The fourth-order valence-corrected chi connectivity index (χ4v) is 2.72. The first-order chi connectivity index (χ1) is 13.1. The van der Waals surface area contributed by atoms with Gasteiger partial charge in [-0.2, -0.15) is 0 Å². The Kier molecular flexibility index (Phi) is 5.93. The van der Waals surface area contributed by atoms with Gasteiger partial charge >= 0.3 is 0 Å². The van der Waals surface area contributed by atoms with Gasteiger partial charge in [-0.25, -0.2) is 4.98 Å². The van der Waals surface area contributed by atoms with Crippen LogP contribution < -0.4 is 20.3 Å². The fourth-order valence-electron chi connectivity index (χ4n) is 2.54. The predicted molar refractivity (Wildman–Crippen MR) is 103 cm³/mol. The van der Waals surface area contributed by atoms with E-state index in [1.165, 1.54) is 10.9 Å². The third-order valence-electron chi connectivity index (χ3n) is 3.85. The summed E-state index contributed by atoms with van der Waals surface area (Å²) >= 11 is 5.93. The molecule has 0 bridgehead atoms. The van der Waals surface area contributed by atoms with E-state index in [4.69, 9.17) is 21.1 Å². The maximum Gasteiger partial charge on any atom is 0.261 e. The molecule has 1 amide bonds. The summed E-state index contributed by atoms with van der Waals surface area (Å²) in [5, 5.41) is 3.52. The van der Waals surface area contributed by atoms with E-state index in [1.807, 2.05) is 12.1 Å². The van der Waals surface area contributed by atoms with Crippen molar-refractivity contribution in [3.8, 4) is 11.5 Å². The van der Waals surface area contributed by atoms with Crippen LogP contribution in [0, 0.1) is 0 Å². The number of halogens is 1. The van der Waals surface area contributed by atoms with Crippen molar-refractivity contribution in [2.75, 3.05) is 20.3 Å². The number of para-hydroxylation sites is 2. The van der Waals surface area contributed by atoms with Gasteiger partial charge < -0.3 is 14.8 Å². The third-order valence-corrected chi connectivity index (χ3v) is 4.09. The van der Waals surface area contributed by atoms with E-state index in [0.29, 0.717) is 34.0 Å². The first-order valence-electron chi connectivity index (χ1n) is 8.25. The van der Waals surface area contributed by atoms with Crippen LogP contribution in [0.5, 0.6) is 11.5 Å². The normalized spacial score (nSPS) is 10.6. The van der Waals surface area contributed by atoms with E-state index >= 15 is 0 Å². The number of nitrogens with zero attached hydrogens (tertiary/aromatic N) is 2. The molecule has 0 radical (unpaired) electrons.